The first-order valence-corrected chi connectivity index (χ1v) is 8.55. The second-order valence-electron chi connectivity index (χ2n) is 6.61. The van der Waals surface area contributed by atoms with E-state index in [9.17, 15) is 4.79 Å². The van der Waals surface area contributed by atoms with Gasteiger partial charge in [-0.15, -0.1) is 0 Å². The van der Waals surface area contributed by atoms with Crippen molar-refractivity contribution < 1.29 is 4.79 Å². The van der Waals surface area contributed by atoms with Crippen LogP contribution < -0.4 is 10.6 Å². The van der Waals surface area contributed by atoms with Crippen molar-refractivity contribution in [2.45, 2.75) is 46.0 Å². The van der Waals surface area contributed by atoms with E-state index in [1.54, 1.807) is 6.20 Å². The highest BCUT2D eigenvalue weighted by molar-refractivity contribution is 5.91. The molecule has 2 N–H and O–H groups in total. The topological polar surface area (TPSA) is 54.0 Å². The summed E-state index contributed by atoms with van der Waals surface area (Å²) < 4.78 is 0. The highest BCUT2D eigenvalue weighted by Crippen LogP contribution is 2.32. The summed E-state index contributed by atoms with van der Waals surface area (Å²) in [5.74, 6) is 0.712. The molecule has 0 bridgehead atoms. The minimum absolute atomic E-state index is 0.158. The number of carbonyl (C=O) groups excluding carboxylic acids is 1. The Bertz CT molecular complexity index is 640. The van der Waals surface area contributed by atoms with Gasteiger partial charge in [0.2, 0.25) is 0 Å². The molecule has 0 fully saturated rings. The smallest absolute Gasteiger partial charge is 0.319 e. The first kappa shape index (κ1) is 18.0. The molecular formula is C20H27N3O. The van der Waals surface area contributed by atoms with Crippen LogP contribution in [0.1, 0.15) is 56.2 Å². The zero-order valence-electron chi connectivity index (χ0n) is 15.0. The molecule has 24 heavy (non-hydrogen) atoms. The number of hydrogen-bond donors (Lipinski definition) is 2. The lowest BCUT2D eigenvalue weighted by molar-refractivity contribution is 0.252. The molecule has 0 saturated heterocycles. The van der Waals surface area contributed by atoms with Crippen molar-refractivity contribution in [2.75, 3.05) is 11.9 Å². The molecule has 0 unspecified atom stereocenters. The third-order valence-corrected chi connectivity index (χ3v) is 4.03. The minimum Gasteiger partial charge on any atom is -0.338 e. The number of benzene rings is 1. The van der Waals surface area contributed by atoms with E-state index >= 15 is 0 Å². The predicted octanol–water partition coefficient (Wildman–Crippen LogP) is 4.69. The standard InChI is InChI=1S/C20H27N3O/c1-14(2)17-8-5-9-18(15(3)4)19(17)23-20(24)22-12-10-16-7-6-11-21-13-16/h5-9,11,13-15H,10,12H2,1-4H3,(H2,22,23,24). The molecule has 2 amide bonds. The largest absolute Gasteiger partial charge is 0.338 e. The van der Waals surface area contributed by atoms with Crippen LogP contribution in [0, 0.1) is 0 Å². The molecule has 2 aromatic rings. The van der Waals surface area contributed by atoms with Gasteiger partial charge in [-0.2, -0.15) is 0 Å². The fraction of sp³-hybridized carbons (Fsp3) is 0.400. The first-order chi connectivity index (χ1) is 11.5. The van der Waals surface area contributed by atoms with E-state index in [0.29, 0.717) is 18.4 Å². The average Bonchev–Trinajstić information content (AvgIpc) is 2.55. The van der Waals surface area contributed by atoms with Crippen molar-refractivity contribution >= 4 is 11.7 Å². The number of urea groups is 1. The van der Waals surface area contributed by atoms with Crippen LogP contribution in [-0.2, 0) is 6.42 Å². The summed E-state index contributed by atoms with van der Waals surface area (Å²) in [5.41, 5.74) is 4.40. The monoisotopic (exact) mass is 325 g/mol. The predicted molar refractivity (Wildman–Crippen MR) is 99.6 cm³/mol. The number of rotatable bonds is 6. The van der Waals surface area contributed by atoms with Crippen molar-refractivity contribution in [2.24, 2.45) is 0 Å². The molecule has 1 aromatic heterocycles. The number of amides is 2. The van der Waals surface area contributed by atoms with Gasteiger partial charge in [0.1, 0.15) is 0 Å². The third kappa shape index (κ3) is 4.82. The Kier molecular flexibility index (Phi) is 6.36. The van der Waals surface area contributed by atoms with Crippen LogP contribution in [0.25, 0.3) is 0 Å². The quantitative estimate of drug-likeness (QED) is 0.809. The van der Waals surface area contributed by atoms with E-state index < -0.39 is 0 Å². The molecule has 0 aliphatic carbocycles. The second-order valence-corrected chi connectivity index (χ2v) is 6.61. The van der Waals surface area contributed by atoms with Crippen molar-refractivity contribution in [3.8, 4) is 0 Å². The van der Waals surface area contributed by atoms with Crippen molar-refractivity contribution in [1.29, 1.82) is 0 Å². The zero-order chi connectivity index (χ0) is 17.5. The molecule has 0 aliphatic rings. The Morgan fingerprint density at radius 1 is 1.04 bits per heavy atom. The maximum Gasteiger partial charge on any atom is 0.319 e. The molecule has 0 aliphatic heterocycles. The fourth-order valence-electron chi connectivity index (χ4n) is 2.72. The summed E-state index contributed by atoms with van der Waals surface area (Å²) in [6.45, 7) is 9.16. The summed E-state index contributed by atoms with van der Waals surface area (Å²) in [5, 5.41) is 6.00. The number of para-hydroxylation sites is 1. The van der Waals surface area contributed by atoms with E-state index in [4.69, 9.17) is 0 Å². The molecule has 4 heteroatoms. The maximum atomic E-state index is 12.3. The SMILES string of the molecule is CC(C)c1cccc(C(C)C)c1NC(=O)NCCc1cccnc1. The lowest BCUT2D eigenvalue weighted by atomic mass is 9.93. The molecule has 128 valence electrons. The van der Waals surface area contributed by atoms with Crippen LogP contribution in [0.3, 0.4) is 0 Å². The highest BCUT2D eigenvalue weighted by Gasteiger charge is 2.15. The van der Waals surface area contributed by atoms with E-state index in [1.165, 1.54) is 11.1 Å². The van der Waals surface area contributed by atoms with Crippen molar-refractivity contribution in [3.63, 3.8) is 0 Å². The van der Waals surface area contributed by atoms with Crippen LogP contribution in [0.15, 0.2) is 42.7 Å². The van der Waals surface area contributed by atoms with Gasteiger partial charge in [0.15, 0.2) is 0 Å². The van der Waals surface area contributed by atoms with Gasteiger partial charge in [-0.25, -0.2) is 4.79 Å². The van der Waals surface area contributed by atoms with Gasteiger partial charge in [-0.05, 0) is 41.0 Å². The van der Waals surface area contributed by atoms with Crippen LogP contribution in [0.4, 0.5) is 10.5 Å². The number of carbonyl (C=O) groups is 1. The molecule has 1 heterocycles. The number of nitrogens with zero attached hydrogens (tertiary/aromatic N) is 1. The molecule has 1 aromatic carbocycles. The molecule has 0 atom stereocenters. The Balaban J connectivity index is 2.02. The first-order valence-electron chi connectivity index (χ1n) is 8.55. The zero-order valence-corrected chi connectivity index (χ0v) is 15.0. The average molecular weight is 325 g/mol. The van der Waals surface area contributed by atoms with Gasteiger partial charge in [-0.3, -0.25) is 4.98 Å². The van der Waals surface area contributed by atoms with E-state index in [-0.39, 0.29) is 6.03 Å². The summed E-state index contributed by atoms with van der Waals surface area (Å²) >= 11 is 0. The van der Waals surface area contributed by atoms with Crippen molar-refractivity contribution in [1.82, 2.24) is 10.3 Å². The molecular weight excluding hydrogens is 298 g/mol. The number of pyridine rings is 1. The van der Waals surface area contributed by atoms with E-state index in [2.05, 4.69) is 61.5 Å². The Hall–Kier alpha value is -2.36. The van der Waals surface area contributed by atoms with Crippen LogP contribution in [0.2, 0.25) is 0 Å². The van der Waals surface area contributed by atoms with Gasteiger partial charge < -0.3 is 10.6 Å². The number of anilines is 1. The fourth-order valence-corrected chi connectivity index (χ4v) is 2.72. The van der Waals surface area contributed by atoms with E-state index in [1.807, 2.05) is 18.3 Å². The minimum atomic E-state index is -0.158. The van der Waals surface area contributed by atoms with Crippen molar-refractivity contribution in [3.05, 3.63) is 59.4 Å². The molecule has 2 rings (SSSR count). The normalized spacial score (nSPS) is 10.9. The summed E-state index contributed by atoms with van der Waals surface area (Å²) in [7, 11) is 0. The lowest BCUT2D eigenvalue weighted by Crippen LogP contribution is -2.31. The lowest BCUT2D eigenvalue weighted by Gasteiger charge is -2.20. The van der Waals surface area contributed by atoms with Crippen LogP contribution in [-0.4, -0.2) is 17.6 Å². The summed E-state index contributed by atoms with van der Waals surface area (Å²) in [4.78, 5) is 16.4. The number of hydrogen-bond acceptors (Lipinski definition) is 2. The van der Waals surface area contributed by atoms with Crippen LogP contribution in [0.5, 0.6) is 0 Å². The Morgan fingerprint density at radius 3 is 2.25 bits per heavy atom. The second kappa shape index (κ2) is 8.48. The Labute approximate surface area is 144 Å². The summed E-state index contributed by atoms with van der Waals surface area (Å²) in [6.07, 6.45) is 4.34. The maximum absolute atomic E-state index is 12.3. The molecule has 4 nitrogen and oxygen atoms in total. The molecule has 0 saturated carbocycles. The molecule has 0 spiro atoms. The van der Waals surface area contributed by atoms with Gasteiger partial charge >= 0.3 is 6.03 Å². The van der Waals surface area contributed by atoms with E-state index in [0.717, 1.165) is 17.7 Å². The number of aromatic nitrogens is 1. The van der Waals surface area contributed by atoms with Gasteiger partial charge in [0, 0.05) is 24.6 Å². The summed E-state index contributed by atoms with van der Waals surface area (Å²) in [6, 6.07) is 9.99. The van der Waals surface area contributed by atoms with Gasteiger partial charge in [-0.1, -0.05) is 52.0 Å². The van der Waals surface area contributed by atoms with Gasteiger partial charge in [0.05, 0.1) is 0 Å². The van der Waals surface area contributed by atoms with Gasteiger partial charge in [0.25, 0.3) is 0 Å². The van der Waals surface area contributed by atoms with Crippen LogP contribution >= 0.6 is 0 Å². The number of nitrogens with one attached hydrogen (secondary N) is 2. The highest BCUT2D eigenvalue weighted by atomic mass is 16.2. The molecule has 0 radical (unpaired) electrons. The Morgan fingerprint density at radius 2 is 1.71 bits per heavy atom. The third-order valence-electron chi connectivity index (χ3n) is 4.03.